The SMILES string of the molecule is CCC(C)C1NC(=O)C(CC)N(CC2CCCCC2)C1=O. The number of hydrogen-bond acceptors (Lipinski definition) is 2. The van der Waals surface area contributed by atoms with E-state index in [4.69, 9.17) is 0 Å². The minimum Gasteiger partial charge on any atom is -0.342 e. The van der Waals surface area contributed by atoms with Crippen molar-refractivity contribution >= 4 is 11.8 Å². The van der Waals surface area contributed by atoms with Gasteiger partial charge in [-0.05, 0) is 31.1 Å². The highest BCUT2D eigenvalue weighted by Gasteiger charge is 2.41. The topological polar surface area (TPSA) is 49.4 Å². The third kappa shape index (κ3) is 3.58. The molecule has 0 aromatic carbocycles. The third-order valence-electron chi connectivity index (χ3n) is 5.31. The molecule has 3 atom stereocenters. The number of nitrogens with zero attached hydrogens (tertiary/aromatic N) is 1. The zero-order valence-corrected chi connectivity index (χ0v) is 13.7. The lowest BCUT2D eigenvalue weighted by atomic mass is 9.87. The number of amides is 2. The maximum atomic E-state index is 12.8. The molecule has 4 nitrogen and oxygen atoms in total. The molecule has 0 radical (unpaired) electrons. The van der Waals surface area contributed by atoms with Gasteiger partial charge in [0.05, 0.1) is 0 Å². The Morgan fingerprint density at radius 1 is 1.19 bits per heavy atom. The maximum absolute atomic E-state index is 12.8. The summed E-state index contributed by atoms with van der Waals surface area (Å²) in [4.78, 5) is 27.1. The molecule has 0 bridgehead atoms. The van der Waals surface area contributed by atoms with Gasteiger partial charge in [-0.2, -0.15) is 0 Å². The molecule has 3 unspecified atom stereocenters. The Hall–Kier alpha value is -1.06. The van der Waals surface area contributed by atoms with E-state index in [1.54, 1.807) is 0 Å². The van der Waals surface area contributed by atoms with Crippen molar-refractivity contribution in [1.82, 2.24) is 10.2 Å². The Morgan fingerprint density at radius 3 is 2.43 bits per heavy atom. The predicted molar refractivity (Wildman–Crippen MR) is 83.8 cm³/mol. The molecule has 2 aliphatic rings. The smallest absolute Gasteiger partial charge is 0.246 e. The van der Waals surface area contributed by atoms with Crippen LogP contribution >= 0.6 is 0 Å². The monoisotopic (exact) mass is 294 g/mol. The predicted octanol–water partition coefficient (Wildman–Crippen LogP) is 2.72. The van der Waals surface area contributed by atoms with Gasteiger partial charge in [0.25, 0.3) is 0 Å². The van der Waals surface area contributed by atoms with Gasteiger partial charge in [0.1, 0.15) is 12.1 Å². The van der Waals surface area contributed by atoms with Crippen LogP contribution in [-0.2, 0) is 9.59 Å². The van der Waals surface area contributed by atoms with E-state index in [0.717, 1.165) is 13.0 Å². The molecule has 0 aromatic rings. The van der Waals surface area contributed by atoms with E-state index in [2.05, 4.69) is 12.2 Å². The lowest BCUT2D eigenvalue weighted by molar-refractivity contribution is -0.151. The fourth-order valence-electron chi connectivity index (χ4n) is 3.68. The average molecular weight is 294 g/mol. The van der Waals surface area contributed by atoms with E-state index in [9.17, 15) is 9.59 Å². The normalized spacial score (nSPS) is 29.4. The van der Waals surface area contributed by atoms with Crippen molar-refractivity contribution in [2.45, 2.75) is 77.8 Å². The highest BCUT2D eigenvalue weighted by molar-refractivity contribution is 5.97. The summed E-state index contributed by atoms with van der Waals surface area (Å²) in [6.45, 7) is 6.89. The standard InChI is InChI=1S/C17H30N2O2/c1-4-12(3)15-17(21)19(14(5-2)16(20)18-15)11-13-9-7-6-8-10-13/h12-15H,4-11H2,1-3H3,(H,18,20). The van der Waals surface area contributed by atoms with Gasteiger partial charge in [0.15, 0.2) is 0 Å². The van der Waals surface area contributed by atoms with E-state index in [1.807, 2.05) is 18.7 Å². The van der Waals surface area contributed by atoms with Crippen LogP contribution < -0.4 is 5.32 Å². The zero-order valence-electron chi connectivity index (χ0n) is 13.7. The van der Waals surface area contributed by atoms with E-state index in [0.29, 0.717) is 12.3 Å². The maximum Gasteiger partial charge on any atom is 0.246 e. The molecule has 0 spiro atoms. The first-order valence-corrected chi connectivity index (χ1v) is 8.69. The van der Waals surface area contributed by atoms with Crippen LogP contribution in [0.1, 0.15) is 65.7 Å². The summed E-state index contributed by atoms with van der Waals surface area (Å²) >= 11 is 0. The Balaban J connectivity index is 2.11. The van der Waals surface area contributed by atoms with Crippen LogP contribution in [0.3, 0.4) is 0 Å². The number of rotatable bonds is 5. The summed E-state index contributed by atoms with van der Waals surface area (Å²) in [5.41, 5.74) is 0. The van der Waals surface area contributed by atoms with Crippen molar-refractivity contribution in [3.05, 3.63) is 0 Å². The number of carbonyl (C=O) groups excluding carboxylic acids is 2. The van der Waals surface area contributed by atoms with Crippen LogP contribution in [0.5, 0.6) is 0 Å². The van der Waals surface area contributed by atoms with Crippen LogP contribution in [0.25, 0.3) is 0 Å². The lowest BCUT2D eigenvalue weighted by Crippen LogP contribution is -2.65. The van der Waals surface area contributed by atoms with Gasteiger partial charge in [-0.25, -0.2) is 0 Å². The van der Waals surface area contributed by atoms with Crippen molar-refractivity contribution in [2.75, 3.05) is 6.54 Å². The van der Waals surface area contributed by atoms with Crippen LogP contribution in [0, 0.1) is 11.8 Å². The van der Waals surface area contributed by atoms with Crippen LogP contribution in [0.2, 0.25) is 0 Å². The number of nitrogens with one attached hydrogen (secondary N) is 1. The molecule has 2 rings (SSSR count). The molecular weight excluding hydrogens is 264 g/mol. The average Bonchev–Trinajstić information content (AvgIpc) is 2.51. The summed E-state index contributed by atoms with van der Waals surface area (Å²) < 4.78 is 0. The molecule has 2 amide bonds. The molecule has 0 aromatic heterocycles. The van der Waals surface area contributed by atoms with Crippen molar-refractivity contribution in [3.8, 4) is 0 Å². The lowest BCUT2D eigenvalue weighted by Gasteiger charge is -2.42. The van der Waals surface area contributed by atoms with Crippen molar-refractivity contribution in [3.63, 3.8) is 0 Å². The largest absolute Gasteiger partial charge is 0.342 e. The summed E-state index contributed by atoms with van der Waals surface area (Å²) in [5, 5.41) is 2.95. The van der Waals surface area contributed by atoms with E-state index < -0.39 is 0 Å². The molecule has 21 heavy (non-hydrogen) atoms. The van der Waals surface area contributed by atoms with Gasteiger partial charge in [-0.1, -0.05) is 46.5 Å². The molecule has 1 aliphatic heterocycles. The van der Waals surface area contributed by atoms with Crippen LogP contribution in [0.4, 0.5) is 0 Å². The molecule has 1 N–H and O–H groups in total. The second kappa shape index (κ2) is 7.28. The first-order chi connectivity index (χ1) is 10.1. The Bertz CT molecular complexity index is 377. The fourth-order valence-corrected chi connectivity index (χ4v) is 3.68. The van der Waals surface area contributed by atoms with Gasteiger partial charge in [-0.3, -0.25) is 9.59 Å². The van der Waals surface area contributed by atoms with Gasteiger partial charge >= 0.3 is 0 Å². The minimum atomic E-state index is -0.325. The number of piperazine rings is 1. The number of hydrogen-bond donors (Lipinski definition) is 1. The van der Waals surface area contributed by atoms with Gasteiger partial charge in [0.2, 0.25) is 11.8 Å². The molecule has 120 valence electrons. The molecule has 2 fully saturated rings. The van der Waals surface area contributed by atoms with E-state index in [-0.39, 0.29) is 29.8 Å². The van der Waals surface area contributed by atoms with Crippen LogP contribution in [0.15, 0.2) is 0 Å². The first kappa shape index (κ1) is 16.3. The summed E-state index contributed by atoms with van der Waals surface area (Å²) in [6, 6.07) is -0.589. The highest BCUT2D eigenvalue weighted by atomic mass is 16.2. The minimum absolute atomic E-state index is 0.0400. The van der Waals surface area contributed by atoms with Gasteiger partial charge < -0.3 is 10.2 Å². The van der Waals surface area contributed by atoms with Crippen molar-refractivity contribution in [1.29, 1.82) is 0 Å². The van der Waals surface area contributed by atoms with E-state index in [1.165, 1.54) is 32.1 Å². The fraction of sp³-hybridized carbons (Fsp3) is 0.882. The molecule has 1 aliphatic carbocycles. The number of carbonyl (C=O) groups is 2. The Kier molecular flexibility index (Phi) is 5.65. The molecular formula is C17H30N2O2. The zero-order chi connectivity index (χ0) is 15.4. The quantitative estimate of drug-likeness (QED) is 0.847. The van der Waals surface area contributed by atoms with E-state index >= 15 is 0 Å². The highest BCUT2D eigenvalue weighted by Crippen LogP contribution is 2.27. The summed E-state index contributed by atoms with van der Waals surface area (Å²) in [7, 11) is 0. The Labute approximate surface area is 128 Å². The van der Waals surface area contributed by atoms with Gasteiger partial charge in [-0.15, -0.1) is 0 Å². The molecule has 1 saturated carbocycles. The van der Waals surface area contributed by atoms with Crippen molar-refractivity contribution < 1.29 is 9.59 Å². The van der Waals surface area contributed by atoms with Gasteiger partial charge in [0, 0.05) is 6.54 Å². The molecule has 1 saturated heterocycles. The molecule has 1 heterocycles. The summed E-state index contributed by atoms with van der Waals surface area (Å²) in [5.74, 6) is 0.966. The first-order valence-electron chi connectivity index (χ1n) is 8.69. The van der Waals surface area contributed by atoms with Crippen molar-refractivity contribution in [2.24, 2.45) is 11.8 Å². The van der Waals surface area contributed by atoms with Crippen LogP contribution in [-0.4, -0.2) is 35.3 Å². The molecule has 4 heteroatoms. The second-order valence-corrected chi connectivity index (χ2v) is 6.79. The Morgan fingerprint density at radius 2 is 1.86 bits per heavy atom. The summed E-state index contributed by atoms with van der Waals surface area (Å²) in [6.07, 6.45) is 7.88. The second-order valence-electron chi connectivity index (χ2n) is 6.79. The third-order valence-corrected chi connectivity index (χ3v) is 5.31.